The molecule has 0 amide bonds. The van der Waals surface area contributed by atoms with E-state index in [0.717, 1.165) is 18.2 Å². The molecule has 0 atom stereocenters. The van der Waals surface area contributed by atoms with Crippen molar-refractivity contribution in [1.29, 1.82) is 0 Å². The van der Waals surface area contributed by atoms with Gasteiger partial charge in [0.25, 0.3) is 0 Å². The maximum absolute atomic E-state index is 13.7. The van der Waals surface area contributed by atoms with Crippen molar-refractivity contribution < 1.29 is 26.3 Å². The molecule has 0 aliphatic heterocycles. The van der Waals surface area contributed by atoms with E-state index in [2.05, 4.69) is 26.7 Å². The van der Waals surface area contributed by atoms with Gasteiger partial charge in [0.1, 0.15) is 0 Å². The Hall–Kier alpha value is -3.69. The van der Waals surface area contributed by atoms with Crippen LogP contribution in [0.25, 0.3) is 33.6 Å². The van der Waals surface area contributed by atoms with E-state index in [9.17, 15) is 26.3 Å². The molecule has 1 heterocycles. The standard InChI is InChI=1S/C21H11F6N4/c22-20(23,24)13-10-8-12(9-11-13)14-5-3-6-16(19-28-30-31-29-19)18(14)15-4-1-2-7-17(15)21(25,26)27/h1-5,7-11H,(H,28,29,30,31). The fourth-order valence-corrected chi connectivity index (χ4v) is 3.26. The van der Waals surface area contributed by atoms with Gasteiger partial charge < -0.3 is 0 Å². The zero-order valence-corrected chi connectivity index (χ0v) is 15.4. The van der Waals surface area contributed by atoms with Gasteiger partial charge in [-0.3, -0.25) is 0 Å². The highest BCUT2D eigenvalue weighted by atomic mass is 19.4. The average Bonchev–Trinajstić information content (AvgIpc) is 3.27. The molecule has 1 aromatic heterocycles. The van der Waals surface area contributed by atoms with E-state index >= 15 is 0 Å². The number of aromatic nitrogens is 4. The lowest BCUT2D eigenvalue weighted by molar-refractivity contribution is -0.138. The zero-order valence-electron chi connectivity index (χ0n) is 15.4. The van der Waals surface area contributed by atoms with Gasteiger partial charge in [0.05, 0.1) is 11.1 Å². The van der Waals surface area contributed by atoms with Crippen LogP contribution in [0.2, 0.25) is 0 Å². The van der Waals surface area contributed by atoms with Crippen molar-refractivity contribution >= 4 is 0 Å². The molecule has 4 nitrogen and oxygen atoms in total. The largest absolute Gasteiger partial charge is 0.417 e. The molecule has 0 saturated heterocycles. The number of nitrogens with zero attached hydrogens (tertiary/aromatic N) is 3. The molecular weight excluding hydrogens is 422 g/mol. The SMILES string of the molecule is FC(F)(F)c1ccc(-c2cc[c]c(-c3nnn[nH]3)c2-c2ccccc2C(F)(F)F)cc1. The van der Waals surface area contributed by atoms with Crippen molar-refractivity contribution in [1.82, 2.24) is 20.6 Å². The summed E-state index contributed by atoms with van der Waals surface area (Å²) in [5, 5.41) is 13.2. The number of rotatable bonds is 3. The van der Waals surface area contributed by atoms with Crippen LogP contribution in [0, 0.1) is 6.07 Å². The van der Waals surface area contributed by atoms with Gasteiger partial charge in [0.2, 0.25) is 0 Å². The Labute approximate surface area is 171 Å². The molecule has 31 heavy (non-hydrogen) atoms. The molecule has 0 aliphatic carbocycles. The van der Waals surface area contributed by atoms with Gasteiger partial charge in [-0.05, 0) is 51.4 Å². The number of H-pyrrole nitrogens is 1. The van der Waals surface area contributed by atoms with E-state index in [-0.39, 0.29) is 28.1 Å². The summed E-state index contributed by atoms with van der Waals surface area (Å²) < 4.78 is 80.1. The van der Waals surface area contributed by atoms with Crippen LogP contribution < -0.4 is 0 Å². The van der Waals surface area contributed by atoms with Gasteiger partial charge in [0, 0.05) is 11.1 Å². The Kier molecular flexibility index (Phi) is 5.00. The molecule has 10 heteroatoms. The van der Waals surface area contributed by atoms with Crippen LogP contribution in [0.5, 0.6) is 0 Å². The summed E-state index contributed by atoms with van der Waals surface area (Å²) in [5.74, 6) is 0.0701. The van der Waals surface area contributed by atoms with Crippen LogP contribution in [0.4, 0.5) is 26.3 Å². The second-order valence-electron chi connectivity index (χ2n) is 6.51. The molecule has 0 unspecified atom stereocenters. The van der Waals surface area contributed by atoms with Crippen molar-refractivity contribution in [2.45, 2.75) is 12.4 Å². The Morgan fingerprint density at radius 1 is 0.774 bits per heavy atom. The fraction of sp³-hybridized carbons (Fsp3) is 0.0952. The maximum Gasteiger partial charge on any atom is 0.417 e. The second kappa shape index (κ2) is 7.53. The average molecular weight is 433 g/mol. The van der Waals surface area contributed by atoms with Crippen molar-refractivity contribution in [2.24, 2.45) is 0 Å². The Morgan fingerprint density at radius 3 is 2.10 bits per heavy atom. The minimum Gasteiger partial charge on any atom is -0.239 e. The summed E-state index contributed by atoms with van der Waals surface area (Å²) in [6, 6.07) is 14.9. The van der Waals surface area contributed by atoms with E-state index < -0.39 is 23.5 Å². The topological polar surface area (TPSA) is 54.5 Å². The summed E-state index contributed by atoms with van der Waals surface area (Å²) in [7, 11) is 0. The minimum absolute atomic E-state index is 0.0701. The normalized spacial score (nSPS) is 12.2. The predicted molar refractivity (Wildman–Crippen MR) is 99.3 cm³/mol. The highest BCUT2D eigenvalue weighted by molar-refractivity contribution is 5.94. The molecule has 4 aromatic rings. The first-order chi connectivity index (χ1) is 14.7. The highest BCUT2D eigenvalue weighted by Gasteiger charge is 2.35. The first-order valence-corrected chi connectivity index (χ1v) is 8.79. The Bertz CT molecular complexity index is 1200. The highest BCUT2D eigenvalue weighted by Crippen LogP contribution is 2.44. The molecule has 0 spiro atoms. The van der Waals surface area contributed by atoms with Gasteiger partial charge in [-0.2, -0.15) is 26.3 Å². The van der Waals surface area contributed by atoms with E-state index in [1.165, 1.54) is 42.5 Å². The summed E-state index contributed by atoms with van der Waals surface area (Å²) in [6.45, 7) is 0. The Morgan fingerprint density at radius 2 is 1.48 bits per heavy atom. The second-order valence-corrected chi connectivity index (χ2v) is 6.51. The van der Waals surface area contributed by atoms with Crippen LogP contribution in [-0.2, 0) is 12.4 Å². The molecule has 4 rings (SSSR count). The number of tetrazole rings is 1. The number of aromatic amines is 1. The van der Waals surface area contributed by atoms with Crippen molar-refractivity contribution in [2.75, 3.05) is 0 Å². The zero-order chi connectivity index (χ0) is 22.2. The van der Waals surface area contributed by atoms with Gasteiger partial charge >= 0.3 is 12.4 Å². The predicted octanol–water partition coefficient (Wildman–Crippen LogP) is 6.04. The van der Waals surface area contributed by atoms with Gasteiger partial charge in [0.15, 0.2) is 5.82 Å². The van der Waals surface area contributed by atoms with Gasteiger partial charge in [-0.1, -0.05) is 42.5 Å². The van der Waals surface area contributed by atoms with Crippen LogP contribution in [0.15, 0.2) is 60.7 Å². The quantitative estimate of drug-likeness (QED) is 0.401. The summed E-state index contributed by atoms with van der Waals surface area (Å²) in [5.41, 5.74) is -1.13. The smallest absolute Gasteiger partial charge is 0.239 e. The van der Waals surface area contributed by atoms with E-state index in [1.54, 1.807) is 0 Å². The first-order valence-electron chi connectivity index (χ1n) is 8.79. The van der Waals surface area contributed by atoms with Crippen LogP contribution >= 0.6 is 0 Å². The van der Waals surface area contributed by atoms with E-state index in [0.29, 0.717) is 5.56 Å². The van der Waals surface area contributed by atoms with Crippen molar-refractivity contribution in [3.63, 3.8) is 0 Å². The van der Waals surface area contributed by atoms with Gasteiger partial charge in [-0.25, -0.2) is 5.10 Å². The third-order valence-corrected chi connectivity index (χ3v) is 4.60. The number of nitrogens with one attached hydrogen (secondary N) is 1. The molecular formula is C21H11F6N4. The van der Waals surface area contributed by atoms with Crippen LogP contribution in [0.3, 0.4) is 0 Å². The third kappa shape index (κ3) is 4.00. The van der Waals surface area contributed by atoms with Crippen molar-refractivity contribution in [3.8, 4) is 33.6 Å². The van der Waals surface area contributed by atoms with Crippen LogP contribution in [0.1, 0.15) is 11.1 Å². The number of alkyl halides is 6. The number of hydrogen-bond donors (Lipinski definition) is 1. The molecule has 0 bridgehead atoms. The molecule has 0 aliphatic rings. The summed E-state index contributed by atoms with van der Waals surface area (Å²) in [4.78, 5) is 0. The van der Waals surface area contributed by atoms with E-state index in [4.69, 9.17) is 0 Å². The minimum atomic E-state index is -4.67. The maximum atomic E-state index is 13.7. The molecule has 1 N–H and O–H groups in total. The molecule has 0 fully saturated rings. The number of halogens is 6. The number of hydrogen-bond acceptors (Lipinski definition) is 3. The molecule has 3 aromatic carbocycles. The first kappa shape index (κ1) is 20.6. The van der Waals surface area contributed by atoms with Crippen LogP contribution in [-0.4, -0.2) is 20.6 Å². The lowest BCUT2D eigenvalue weighted by atomic mass is 9.87. The molecule has 1 radical (unpaired) electrons. The third-order valence-electron chi connectivity index (χ3n) is 4.60. The van der Waals surface area contributed by atoms with E-state index in [1.807, 2.05) is 0 Å². The van der Waals surface area contributed by atoms with Gasteiger partial charge in [-0.15, -0.1) is 5.10 Å². The lowest BCUT2D eigenvalue weighted by Crippen LogP contribution is -2.08. The number of benzene rings is 3. The lowest BCUT2D eigenvalue weighted by Gasteiger charge is -2.18. The summed E-state index contributed by atoms with van der Waals surface area (Å²) in [6.07, 6.45) is -9.20. The summed E-state index contributed by atoms with van der Waals surface area (Å²) >= 11 is 0. The molecule has 157 valence electrons. The fourth-order valence-electron chi connectivity index (χ4n) is 3.26. The Balaban J connectivity index is 2.00. The van der Waals surface area contributed by atoms with Crippen molar-refractivity contribution in [3.05, 3.63) is 77.9 Å². The molecule has 0 saturated carbocycles. The monoisotopic (exact) mass is 433 g/mol.